The van der Waals surface area contributed by atoms with Crippen LogP contribution in [0.2, 0.25) is 0 Å². The lowest BCUT2D eigenvalue weighted by atomic mass is 9.98. The number of amides is 1. The molecule has 0 aliphatic heterocycles. The minimum Gasteiger partial charge on any atom is -0.305 e. The van der Waals surface area contributed by atoms with Gasteiger partial charge >= 0.3 is 12.1 Å². The maximum absolute atomic E-state index is 12.6. The lowest BCUT2D eigenvalue weighted by Gasteiger charge is -2.15. The van der Waals surface area contributed by atoms with Gasteiger partial charge < -0.3 is 4.90 Å². The number of nitrogens with one attached hydrogen (secondary N) is 2. The zero-order valence-corrected chi connectivity index (χ0v) is 17.1. The first-order valence-electron chi connectivity index (χ1n) is 8.74. The summed E-state index contributed by atoms with van der Waals surface area (Å²) in [6, 6.07) is 11.1. The lowest BCUT2D eigenvalue weighted by Crippen LogP contribution is -2.40. The van der Waals surface area contributed by atoms with Crippen molar-refractivity contribution in [1.29, 1.82) is 0 Å². The van der Waals surface area contributed by atoms with Crippen LogP contribution in [-0.4, -0.2) is 60.1 Å². The number of H-pyrrole nitrogens is 1. The average molecular weight is 454 g/mol. The van der Waals surface area contributed by atoms with E-state index in [0.717, 1.165) is 16.4 Å². The number of hydrogen-bond acceptors (Lipinski definition) is 7. The second kappa shape index (κ2) is 8.43. The van der Waals surface area contributed by atoms with Gasteiger partial charge in [0.15, 0.2) is 5.82 Å². The van der Waals surface area contributed by atoms with E-state index in [0.29, 0.717) is 17.7 Å². The second-order valence-electron chi connectivity index (χ2n) is 6.80. The van der Waals surface area contributed by atoms with E-state index in [1.807, 2.05) is 31.1 Å². The normalized spacial score (nSPS) is 12.2. The molecule has 164 valence electrons. The fourth-order valence-electron chi connectivity index (χ4n) is 2.89. The molecule has 0 atom stereocenters. The number of carbonyl (C=O) groups excluding carboxylic acids is 1. The molecule has 2 N–H and O–H groups in total. The summed E-state index contributed by atoms with van der Waals surface area (Å²) in [4.78, 5) is 12.6. The van der Waals surface area contributed by atoms with Crippen molar-refractivity contribution in [1.82, 2.24) is 30.2 Å². The molecule has 1 amide bonds. The lowest BCUT2D eigenvalue weighted by molar-refractivity contribution is -0.171. The Kier molecular flexibility index (Phi) is 6.08. The third-order valence-electron chi connectivity index (χ3n) is 4.15. The van der Waals surface area contributed by atoms with Crippen molar-refractivity contribution in [3.8, 4) is 22.5 Å². The number of sulfonamides is 1. The quantitative estimate of drug-likeness (QED) is 0.584. The van der Waals surface area contributed by atoms with E-state index in [9.17, 15) is 26.4 Å². The topological polar surface area (TPSA) is 121 Å². The summed E-state index contributed by atoms with van der Waals surface area (Å²) in [5, 5.41) is 13.0. The van der Waals surface area contributed by atoms with Crippen molar-refractivity contribution in [2.45, 2.75) is 17.6 Å². The maximum Gasteiger partial charge on any atom is 0.472 e. The molecule has 1 aromatic heterocycles. The van der Waals surface area contributed by atoms with Crippen molar-refractivity contribution in [3.63, 3.8) is 0 Å². The average Bonchev–Trinajstić information content (AvgIpc) is 3.21. The van der Waals surface area contributed by atoms with Crippen LogP contribution in [0.3, 0.4) is 0 Å². The molecule has 0 radical (unpaired) electrons. The number of alkyl halides is 3. The standard InChI is InChI=1S/C18H17F3N6O3S/c1-27(2)10-11-6-8-12(9-7-11)13-4-3-5-14(15(13)16-22-25-26-23-16)31(29,30)24-17(28)18(19,20)21/h3-9H,10H2,1-2H3,(H,24,28)(H,22,23,25,26). The Labute approximate surface area is 175 Å². The molecule has 3 rings (SSSR count). The molecule has 31 heavy (non-hydrogen) atoms. The van der Waals surface area contributed by atoms with Crippen LogP contribution in [0.1, 0.15) is 5.56 Å². The van der Waals surface area contributed by atoms with Gasteiger partial charge in [0.05, 0.1) is 4.90 Å². The molecule has 0 bridgehead atoms. The number of rotatable bonds is 6. The van der Waals surface area contributed by atoms with Crippen molar-refractivity contribution >= 4 is 15.9 Å². The van der Waals surface area contributed by atoms with Gasteiger partial charge in [-0.15, -0.1) is 5.10 Å². The fraction of sp³-hybridized carbons (Fsp3) is 0.222. The molecule has 0 saturated heterocycles. The highest BCUT2D eigenvalue weighted by molar-refractivity contribution is 7.90. The van der Waals surface area contributed by atoms with E-state index < -0.39 is 27.0 Å². The fourth-order valence-corrected chi connectivity index (χ4v) is 4.10. The molecule has 1 heterocycles. The number of hydrogen-bond donors (Lipinski definition) is 2. The number of carbonyl (C=O) groups is 1. The molecule has 9 nitrogen and oxygen atoms in total. The number of halogens is 3. The molecular weight excluding hydrogens is 437 g/mol. The Morgan fingerprint density at radius 3 is 2.35 bits per heavy atom. The number of aromatic nitrogens is 4. The van der Waals surface area contributed by atoms with E-state index in [1.54, 1.807) is 18.2 Å². The van der Waals surface area contributed by atoms with E-state index >= 15 is 0 Å². The highest BCUT2D eigenvalue weighted by atomic mass is 32.2. The van der Waals surface area contributed by atoms with Crippen molar-refractivity contribution < 1.29 is 26.4 Å². The molecule has 0 spiro atoms. The Morgan fingerprint density at radius 1 is 1.13 bits per heavy atom. The SMILES string of the molecule is CN(C)Cc1ccc(-c2cccc(S(=O)(=O)NC(=O)C(F)(F)F)c2-c2nnn[nH]2)cc1. The first-order valence-corrected chi connectivity index (χ1v) is 10.2. The molecule has 3 aromatic rings. The Bertz CT molecular complexity index is 1180. The Hall–Kier alpha value is -3.32. The van der Waals surface area contributed by atoms with Gasteiger partial charge in [0.2, 0.25) is 0 Å². The van der Waals surface area contributed by atoms with Gasteiger partial charge in [-0.25, -0.2) is 18.2 Å². The van der Waals surface area contributed by atoms with Gasteiger partial charge in [-0.05, 0) is 47.3 Å². The monoisotopic (exact) mass is 454 g/mol. The molecule has 13 heteroatoms. The molecule has 0 aliphatic rings. The molecule has 0 unspecified atom stereocenters. The van der Waals surface area contributed by atoms with E-state index in [1.165, 1.54) is 6.07 Å². The summed E-state index contributed by atoms with van der Waals surface area (Å²) < 4.78 is 64.2. The van der Waals surface area contributed by atoms with Crippen molar-refractivity contribution in [2.24, 2.45) is 0 Å². The van der Waals surface area contributed by atoms with Crippen LogP contribution in [0.25, 0.3) is 22.5 Å². The highest BCUT2D eigenvalue weighted by Crippen LogP contribution is 2.35. The largest absolute Gasteiger partial charge is 0.472 e. The number of benzene rings is 2. The van der Waals surface area contributed by atoms with Crippen LogP contribution < -0.4 is 4.72 Å². The first kappa shape index (κ1) is 22.4. The molecule has 0 aliphatic carbocycles. The molecule has 0 fully saturated rings. The van der Waals surface area contributed by atoms with Crippen LogP contribution >= 0.6 is 0 Å². The first-order chi connectivity index (χ1) is 14.5. The summed E-state index contributed by atoms with van der Waals surface area (Å²) in [6.45, 7) is 0.678. The zero-order valence-electron chi connectivity index (χ0n) is 16.3. The van der Waals surface area contributed by atoms with E-state index in [2.05, 4.69) is 20.6 Å². The highest BCUT2D eigenvalue weighted by Gasteiger charge is 2.42. The smallest absolute Gasteiger partial charge is 0.305 e. The number of nitrogens with zero attached hydrogens (tertiary/aromatic N) is 4. The van der Waals surface area contributed by atoms with Gasteiger partial charge in [-0.1, -0.05) is 36.4 Å². The van der Waals surface area contributed by atoms with Crippen molar-refractivity contribution in [2.75, 3.05) is 14.1 Å². The van der Waals surface area contributed by atoms with Crippen LogP contribution in [0.4, 0.5) is 13.2 Å². The van der Waals surface area contributed by atoms with Crippen LogP contribution in [0.5, 0.6) is 0 Å². The predicted octanol–water partition coefficient (Wildman–Crippen LogP) is 1.96. The summed E-state index contributed by atoms with van der Waals surface area (Å²) >= 11 is 0. The van der Waals surface area contributed by atoms with Gasteiger partial charge in [-0.3, -0.25) is 4.79 Å². The Morgan fingerprint density at radius 2 is 1.81 bits per heavy atom. The molecular formula is C18H17F3N6O3S. The second-order valence-corrected chi connectivity index (χ2v) is 8.45. The summed E-state index contributed by atoms with van der Waals surface area (Å²) in [7, 11) is -1.08. The summed E-state index contributed by atoms with van der Waals surface area (Å²) in [5.74, 6) is -2.69. The minimum absolute atomic E-state index is 0.0738. The Balaban J connectivity index is 2.14. The van der Waals surface area contributed by atoms with Crippen LogP contribution in [0.15, 0.2) is 47.4 Å². The van der Waals surface area contributed by atoms with Crippen LogP contribution in [-0.2, 0) is 21.4 Å². The maximum atomic E-state index is 12.6. The van der Waals surface area contributed by atoms with Gasteiger partial charge in [-0.2, -0.15) is 13.2 Å². The zero-order chi connectivity index (χ0) is 22.8. The van der Waals surface area contributed by atoms with Crippen LogP contribution in [0, 0.1) is 0 Å². The minimum atomic E-state index is -5.37. The number of aromatic amines is 1. The summed E-state index contributed by atoms with van der Waals surface area (Å²) in [5.41, 5.74) is 1.85. The predicted molar refractivity (Wildman–Crippen MR) is 104 cm³/mol. The van der Waals surface area contributed by atoms with Gasteiger partial charge in [0.25, 0.3) is 10.0 Å². The van der Waals surface area contributed by atoms with Gasteiger partial charge in [0.1, 0.15) is 0 Å². The van der Waals surface area contributed by atoms with Gasteiger partial charge in [0, 0.05) is 12.1 Å². The number of tetrazole rings is 1. The van der Waals surface area contributed by atoms with Crippen molar-refractivity contribution in [3.05, 3.63) is 48.0 Å². The molecule has 0 saturated carbocycles. The van der Waals surface area contributed by atoms with E-state index in [4.69, 9.17) is 0 Å². The summed E-state index contributed by atoms with van der Waals surface area (Å²) in [6.07, 6.45) is -5.37. The third kappa shape index (κ3) is 5.06. The third-order valence-corrected chi connectivity index (χ3v) is 5.52. The molecule has 2 aromatic carbocycles. The van der Waals surface area contributed by atoms with E-state index in [-0.39, 0.29) is 11.4 Å².